The van der Waals surface area contributed by atoms with Gasteiger partial charge in [0.05, 0.1) is 17.7 Å². The Kier molecular flexibility index (Phi) is 5.15. The lowest BCUT2D eigenvalue weighted by atomic mass is 9.81. The largest absolute Gasteiger partial charge is 0.511 e. The van der Waals surface area contributed by atoms with Crippen LogP contribution in [0.2, 0.25) is 0 Å². The van der Waals surface area contributed by atoms with Crippen molar-refractivity contribution in [3.8, 4) is 5.75 Å². The van der Waals surface area contributed by atoms with Crippen LogP contribution < -0.4 is 0 Å². The van der Waals surface area contributed by atoms with Crippen LogP contribution in [-0.4, -0.2) is 42.0 Å². The van der Waals surface area contributed by atoms with E-state index in [0.717, 1.165) is 12.2 Å². The van der Waals surface area contributed by atoms with Gasteiger partial charge in [0, 0.05) is 18.1 Å². The molecule has 0 amide bonds. The van der Waals surface area contributed by atoms with Gasteiger partial charge < -0.3 is 30.2 Å². The zero-order valence-electron chi connectivity index (χ0n) is 12.7. The Morgan fingerprint density at radius 1 is 1.08 bits per heavy atom. The zero-order chi connectivity index (χ0) is 18.1. The Hall–Kier alpha value is -2.12. The summed E-state index contributed by atoms with van der Waals surface area (Å²) in [4.78, 5) is 18.1. The Morgan fingerprint density at radius 2 is 1.67 bits per heavy atom. The molecule has 1 aromatic carbocycles. The average Bonchev–Trinajstić information content (AvgIpc) is 2.44. The number of aromatic hydroxyl groups is 1. The van der Waals surface area contributed by atoms with Crippen LogP contribution in [0, 0.1) is 5.92 Å². The molecule has 1 aliphatic rings. The van der Waals surface area contributed by atoms with Crippen molar-refractivity contribution < 1.29 is 34.8 Å². The summed E-state index contributed by atoms with van der Waals surface area (Å²) < 4.78 is 14.4. The minimum Gasteiger partial charge on any atom is -0.511 e. The number of aliphatic hydroxyl groups excluding tert-OH is 3. The van der Waals surface area contributed by atoms with Crippen LogP contribution in [0.15, 0.2) is 52.7 Å². The number of phenols is 1. The van der Waals surface area contributed by atoms with E-state index in [-0.39, 0.29) is 11.5 Å². The molecule has 0 aromatic heterocycles. The third-order valence-corrected chi connectivity index (χ3v) is 4.24. The van der Waals surface area contributed by atoms with Crippen molar-refractivity contribution >= 4 is 13.5 Å². The van der Waals surface area contributed by atoms with E-state index in [1.54, 1.807) is 19.1 Å². The second-order valence-electron chi connectivity index (χ2n) is 5.53. The molecule has 24 heavy (non-hydrogen) atoms. The molecule has 0 radical (unpaired) electrons. The van der Waals surface area contributed by atoms with E-state index in [1.807, 2.05) is 0 Å². The summed E-state index contributed by atoms with van der Waals surface area (Å²) in [6.07, 6.45) is 0.687. The number of aliphatic hydroxyl groups is 3. The van der Waals surface area contributed by atoms with E-state index in [2.05, 4.69) is 4.76 Å². The van der Waals surface area contributed by atoms with Gasteiger partial charge in [-0.3, -0.25) is 0 Å². The molecule has 6 N–H and O–H groups in total. The molecule has 130 valence electrons. The molecule has 2 rings (SSSR count). The van der Waals surface area contributed by atoms with Gasteiger partial charge in [0.15, 0.2) is 0 Å². The second kappa shape index (κ2) is 6.78. The van der Waals surface area contributed by atoms with Gasteiger partial charge in [0.1, 0.15) is 17.3 Å². The number of nitrogens with zero attached hydrogens (tertiary/aromatic N) is 1. The maximum atomic E-state index is 11.1. The molecule has 0 saturated carbocycles. The number of phenolic OH excluding ortho intramolecular Hbond substituents is 1. The van der Waals surface area contributed by atoms with Gasteiger partial charge in [0.25, 0.3) is 0 Å². The third kappa shape index (κ3) is 4.24. The summed E-state index contributed by atoms with van der Waals surface area (Å²) in [5.41, 5.74) is 0.321. The first kappa shape index (κ1) is 18.2. The quantitative estimate of drug-likeness (QED) is 0.451. The van der Waals surface area contributed by atoms with Gasteiger partial charge in [-0.1, -0.05) is 19.1 Å². The van der Waals surface area contributed by atoms with E-state index in [0.29, 0.717) is 5.56 Å². The summed E-state index contributed by atoms with van der Waals surface area (Å²) >= 11 is 0. The van der Waals surface area contributed by atoms with Gasteiger partial charge in [0.2, 0.25) is 0 Å². The number of hydrogen-bond donors (Lipinski definition) is 6. The molecule has 3 atom stereocenters. The van der Waals surface area contributed by atoms with Crippen LogP contribution in [-0.2, 0) is 4.57 Å². The Morgan fingerprint density at radius 3 is 2.21 bits per heavy atom. The number of benzene rings is 1. The predicted molar refractivity (Wildman–Crippen MR) is 86.9 cm³/mol. The smallest absolute Gasteiger partial charge is 0.448 e. The van der Waals surface area contributed by atoms with Crippen molar-refractivity contribution in [2.75, 3.05) is 0 Å². The predicted octanol–water partition coefficient (Wildman–Crippen LogP) is 1.90. The lowest BCUT2D eigenvalue weighted by Crippen LogP contribution is -2.35. The molecule has 3 unspecified atom stereocenters. The lowest BCUT2D eigenvalue weighted by molar-refractivity contribution is 0.108. The van der Waals surface area contributed by atoms with Crippen LogP contribution in [0.3, 0.4) is 0 Å². The molecular weight excluding hydrogens is 337 g/mol. The summed E-state index contributed by atoms with van der Waals surface area (Å²) in [6.45, 7) is 1.65. The number of hydrogen-bond acceptors (Lipinski definition) is 5. The fraction of sp³-hybridized carbons (Fsp3) is 0.267. The van der Waals surface area contributed by atoms with Crippen LogP contribution in [0.4, 0.5) is 0 Å². The maximum Gasteiger partial charge on any atom is 0.448 e. The summed E-state index contributed by atoms with van der Waals surface area (Å²) in [5.74, 6) is -2.60. The van der Waals surface area contributed by atoms with E-state index in [9.17, 15) is 25.0 Å². The van der Waals surface area contributed by atoms with Gasteiger partial charge in [-0.25, -0.2) is 4.57 Å². The Labute approximate surface area is 138 Å². The normalized spacial score (nSPS) is 22.7. The van der Waals surface area contributed by atoms with E-state index >= 15 is 0 Å². The lowest BCUT2D eigenvalue weighted by Gasteiger charge is -2.29. The fourth-order valence-corrected chi connectivity index (χ4v) is 3.01. The first-order valence-corrected chi connectivity index (χ1v) is 8.59. The van der Waals surface area contributed by atoms with Crippen molar-refractivity contribution in [1.82, 2.24) is 0 Å². The van der Waals surface area contributed by atoms with Gasteiger partial charge in [-0.05, 0) is 17.7 Å². The minimum absolute atomic E-state index is 0.0532. The number of rotatable bonds is 4. The summed E-state index contributed by atoms with van der Waals surface area (Å²) in [6, 6.07) is 6.04. The first-order chi connectivity index (χ1) is 11.1. The SMILES string of the molecule is CC(c1ccc(O)cc1)C(O)C1C(O)=CC(O)=CC1=NP(=O)(O)O. The average molecular weight is 355 g/mol. The molecule has 9 heteroatoms. The molecule has 0 heterocycles. The summed E-state index contributed by atoms with van der Waals surface area (Å²) in [5, 5.41) is 39.5. The Balaban J connectivity index is 2.39. The monoisotopic (exact) mass is 355 g/mol. The van der Waals surface area contributed by atoms with Crippen molar-refractivity contribution in [3.63, 3.8) is 0 Å². The standard InChI is InChI=1S/C15H18NO7P/c1-8(9-2-4-10(17)5-3-9)15(20)14-12(16-24(21,22)23)6-11(18)7-13(14)19/h2-8,14-15,17-20H,1H3,(H2,21,22,23). The van der Waals surface area contributed by atoms with E-state index < -0.39 is 37.2 Å². The van der Waals surface area contributed by atoms with Crippen molar-refractivity contribution in [3.05, 3.63) is 53.5 Å². The van der Waals surface area contributed by atoms with Gasteiger partial charge in [-0.15, -0.1) is 0 Å². The van der Waals surface area contributed by atoms with Crippen molar-refractivity contribution in [2.45, 2.75) is 18.9 Å². The van der Waals surface area contributed by atoms with E-state index in [1.165, 1.54) is 12.1 Å². The highest BCUT2D eigenvalue weighted by molar-refractivity contribution is 7.50. The van der Waals surface area contributed by atoms with Crippen molar-refractivity contribution in [1.29, 1.82) is 0 Å². The minimum atomic E-state index is -4.82. The van der Waals surface area contributed by atoms with Gasteiger partial charge >= 0.3 is 7.75 Å². The molecule has 0 saturated heterocycles. The van der Waals surface area contributed by atoms with Crippen LogP contribution in [0.1, 0.15) is 18.4 Å². The van der Waals surface area contributed by atoms with Crippen molar-refractivity contribution in [2.24, 2.45) is 10.7 Å². The molecule has 0 bridgehead atoms. The van der Waals surface area contributed by atoms with Crippen LogP contribution in [0.25, 0.3) is 0 Å². The molecule has 1 aromatic rings. The highest BCUT2D eigenvalue weighted by atomic mass is 31.2. The van der Waals surface area contributed by atoms with E-state index in [4.69, 9.17) is 9.79 Å². The molecular formula is C15H18NO7P. The molecule has 8 nitrogen and oxygen atoms in total. The second-order valence-corrected chi connectivity index (χ2v) is 6.75. The molecule has 0 spiro atoms. The maximum absolute atomic E-state index is 11.1. The first-order valence-electron chi connectivity index (χ1n) is 7.02. The topological polar surface area (TPSA) is 151 Å². The zero-order valence-corrected chi connectivity index (χ0v) is 13.6. The molecule has 1 aliphatic carbocycles. The van der Waals surface area contributed by atoms with Crippen LogP contribution in [0.5, 0.6) is 5.75 Å². The highest BCUT2D eigenvalue weighted by Gasteiger charge is 2.36. The Bertz CT molecular complexity index is 748. The van der Waals surface area contributed by atoms with Gasteiger partial charge in [-0.2, -0.15) is 4.76 Å². The highest BCUT2D eigenvalue weighted by Crippen LogP contribution is 2.40. The number of allylic oxidation sites excluding steroid dienone is 2. The molecule has 0 aliphatic heterocycles. The molecule has 0 fully saturated rings. The summed E-state index contributed by atoms with van der Waals surface area (Å²) in [7, 11) is -4.82. The van der Waals surface area contributed by atoms with Crippen LogP contribution >= 0.6 is 7.75 Å². The third-order valence-electron chi connectivity index (χ3n) is 3.75. The fourth-order valence-electron chi connectivity index (χ4n) is 2.53.